The fourth-order valence-corrected chi connectivity index (χ4v) is 1.49. The smallest absolute Gasteiger partial charge is 0.221 e. The average Bonchev–Trinajstić information content (AvgIpc) is 2.32. The highest BCUT2D eigenvalue weighted by molar-refractivity contribution is 5.88. The standard InChI is InChI=1S/C14H13NO3/c1-10(16)15-11-3-2-4-14(9-11)18-13-7-5-12(17)6-8-13/h2-9,17H,1H3,(H,15,16). The Labute approximate surface area is 105 Å². The highest BCUT2D eigenvalue weighted by Gasteiger charge is 2.00. The third-order valence-corrected chi connectivity index (χ3v) is 2.23. The Morgan fingerprint density at radius 1 is 1.11 bits per heavy atom. The number of benzene rings is 2. The number of phenols is 1. The van der Waals surface area contributed by atoms with E-state index in [1.54, 1.807) is 48.5 Å². The topological polar surface area (TPSA) is 58.6 Å². The van der Waals surface area contributed by atoms with Gasteiger partial charge in [0.2, 0.25) is 5.91 Å². The molecule has 92 valence electrons. The normalized spacial score (nSPS) is 9.83. The molecular weight excluding hydrogens is 230 g/mol. The van der Waals surface area contributed by atoms with Crippen LogP contribution in [0, 0.1) is 0 Å². The number of carbonyl (C=O) groups is 1. The second-order valence-electron chi connectivity index (χ2n) is 3.80. The molecule has 2 N–H and O–H groups in total. The second-order valence-corrected chi connectivity index (χ2v) is 3.80. The number of rotatable bonds is 3. The number of hydrogen-bond donors (Lipinski definition) is 2. The van der Waals surface area contributed by atoms with Gasteiger partial charge in [-0.3, -0.25) is 4.79 Å². The zero-order valence-corrected chi connectivity index (χ0v) is 9.88. The summed E-state index contributed by atoms with van der Waals surface area (Å²) in [5.41, 5.74) is 0.679. The number of carbonyl (C=O) groups excluding carboxylic acids is 1. The van der Waals surface area contributed by atoms with Crippen LogP contribution in [0.15, 0.2) is 48.5 Å². The monoisotopic (exact) mass is 243 g/mol. The molecule has 0 aliphatic carbocycles. The van der Waals surface area contributed by atoms with E-state index in [0.29, 0.717) is 17.2 Å². The molecule has 4 nitrogen and oxygen atoms in total. The number of hydrogen-bond acceptors (Lipinski definition) is 3. The van der Waals surface area contributed by atoms with Gasteiger partial charge in [0.15, 0.2) is 0 Å². The van der Waals surface area contributed by atoms with E-state index in [0.717, 1.165) is 0 Å². The Morgan fingerprint density at radius 3 is 2.50 bits per heavy atom. The molecule has 2 rings (SSSR count). The molecule has 0 aromatic heterocycles. The Bertz CT molecular complexity index is 549. The molecular formula is C14H13NO3. The van der Waals surface area contributed by atoms with Gasteiger partial charge in [0.1, 0.15) is 17.2 Å². The van der Waals surface area contributed by atoms with Gasteiger partial charge in [-0.1, -0.05) is 6.07 Å². The Balaban J connectivity index is 2.13. The molecule has 2 aromatic rings. The van der Waals surface area contributed by atoms with Crippen LogP contribution in [0.25, 0.3) is 0 Å². The molecule has 0 spiro atoms. The first-order chi connectivity index (χ1) is 8.63. The third kappa shape index (κ3) is 3.25. The predicted octanol–water partition coefficient (Wildman–Crippen LogP) is 3.14. The molecule has 0 bridgehead atoms. The fourth-order valence-electron chi connectivity index (χ4n) is 1.49. The van der Waals surface area contributed by atoms with E-state index in [2.05, 4.69) is 5.32 Å². The molecule has 0 unspecified atom stereocenters. The summed E-state index contributed by atoms with van der Waals surface area (Å²) in [6.07, 6.45) is 0. The lowest BCUT2D eigenvalue weighted by molar-refractivity contribution is -0.114. The first kappa shape index (κ1) is 12.0. The molecule has 2 aromatic carbocycles. The summed E-state index contributed by atoms with van der Waals surface area (Å²) < 4.78 is 5.59. The van der Waals surface area contributed by atoms with Crippen molar-refractivity contribution in [3.05, 3.63) is 48.5 Å². The molecule has 0 aliphatic rings. The maximum absolute atomic E-state index is 10.9. The zero-order chi connectivity index (χ0) is 13.0. The molecule has 4 heteroatoms. The van der Waals surface area contributed by atoms with E-state index in [-0.39, 0.29) is 11.7 Å². The minimum absolute atomic E-state index is 0.128. The van der Waals surface area contributed by atoms with Crippen LogP contribution in [0.1, 0.15) is 6.92 Å². The highest BCUT2D eigenvalue weighted by Crippen LogP contribution is 2.25. The van der Waals surface area contributed by atoms with Crippen molar-refractivity contribution in [1.82, 2.24) is 0 Å². The van der Waals surface area contributed by atoms with Gasteiger partial charge in [-0.15, -0.1) is 0 Å². The quantitative estimate of drug-likeness (QED) is 0.870. The van der Waals surface area contributed by atoms with Crippen molar-refractivity contribution >= 4 is 11.6 Å². The maximum Gasteiger partial charge on any atom is 0.221 e. The van der Waals surface area contributed by atoms with Gasteiger partial charge < -0.3 is 15.2 Å². The lowest BCUT2D eigenvalue weighted by Gasteiger charge is -2.08. The van der Waals surface area contributed by atoms with E-state index in [4.69, 9.17) is 9.84 Å². The van der Waals surface area contributed by atoms with Crippen molar-refractivity contribution in [3.8, 4) is 17.2 Å². The van der Waals surface area contributed by atoms with E-state index in [1.165, 1.54) is 6.92 Å². The molecule has 0 heterocycles. The van der Waals surface area contributed by atoms with Crippen molar-refractivity contribution in [2.24, 2.45) is 0 Å². The molecule has 0 saturated carbocycles. The number of nitrogens with one attached hydrogen (secondary N) is 1. The van der Waals surface area contributed by atoms with E-state index in [1.807, 2.05) is 0 Å². The lowest BCUT2D eigenvalue weighted by Crippen LogP contribution is -2.05. The van der Waals surface area contributed by atoms with Crippen LogP contribution in [0.3, 0.4) is 0 Å². The summed E-state index contributed by atoms with van der Waals surface area (Å²) in [7, 11) is 0. The van der Waals surface area contributed by atoms with Crippen LogP contribution in [0.4, 0.5) is 5.69 Å². The van der Waals surface area contributed by atoms with Crippen molar-refractivity contribution in [2.75, 3.05) is 5.32 Å². The molecule has 0 fully saturated rings. The van der Waals surface area contributed by atoms with Crippen molar-refractivity contribution in [3.63, 3.8) is 0 Å². The molecule has 18 heavy (non-hydrogen) atoms. The number of amides is 1. The first-order valence-corrected chi connectivity index (χ1v) is 5.48. The summed E-state index contributed by atoms with van der Waals surface area (Å²) >= 11 is 0. The molecule has 1 amide bonds. The van der Waals surface area contributed by atoms with Gasteiger partial charge in [-0.2, -0.15) is 0 Å². The number of phenolic OH excluding ortho intramolecular Hbond substituents is 1. The largest absolute Gasteiger partial charge is 0.508 e. The molecule has 0 aliphatic heterocycles. The minimum Gasteiger partial charge on any atom is -0.508 e. The van der Waals surface area contributed by atoms with Crippen LogP contribution in [-0.4, -0.2) is 11.0 Å². The van der Waals surface area contributed by atoms with Crippen LogP contribution in [0.2, 0.25) is 0 Å². The van der Waals surface area contributed by atoms with Gasteiger partial charge >= 0.3 is 0 Å². The highest BCUT2D eigenvalue weighted by atomic mass is 16.5. The Morgan fingerprint density at radius 2 is 1.83 bits per heavy atom. The third-order valence-electron chi connectivity index (χ3n) is 2.23. The summed E-state index contributed by atoms with van der Waals surface area (Å²) in [4.78, 5) is 10.9. The molecule has 0 saturated heterocycles. The Kier molecular flexibility index (Phi) is 3.48. The average molecular weight is 243 g/mol. The van der Waals surface area contributed by atoms with Crippen molar-refractivity contribution < 1.29 is 14.6 Å². The Hall–Kier alpha value is -2.49. The van der Waals surface area contributed by atoms with E-state index >= 15 is 0 Å². The number of anilines is 1. The second kappa shape index (κ2) is 5.23. The lowest BCUT2D eigenvalue weighted by atomic mass is 10.3. The summed E-state index contributed by atoms with van der Waals surface area (Å²) in [5, 5.41) is 11.8. The van der Waals surface area contributed by atoms with Crippen LogP contribution >= 0.6 is 0 Å². The minimum atomic E-state index is -0.128. The van der Waals surface area contributed by atoms with Crippen molar-refractivity contribution in [1.29, 1.82) is 0 Å². The van der Waals surface area contributed by atoms with Gasteiger partial charge in [0.05, 0.1) is 0 Å². The van der Waals surface area contributed by atoms with E-state index in [9.17, 15) is 4.79 Å². The zero-order valence-electron chi connectivity index (χ0n) is 9.88. The van der Waals surface area contributed by atoms with E-state index < -0.39 is 0 Å². The number of ether oxygens (including phenoxy) is 1. The van der Waals surface area contributed by atoms with Crippen LogP contribution in [-0.2, 0) is 4.79 Å². The summed E-state index contributed by atoms with van der Waals surface area (Å²) in [6.45, 7) is 1.45. The van der Waals surface area contributed by atoms with Crippen molar-refractivity contribution in [2.45, 2.75) is 6.92 Å². The van der Waals surface area contributed by atoms with Gasteiger partial charge in [0.25, 0.3) is 0 Å². The van der Waals surface area contributed by atoms with Gasteiger partial charge in [-0.25, -0.2) is 0 Å². The maximum atomic E-state index is 10.9. The number of aromatic hydroxyl groups is 1. The fraction of sp³-hybridized carbons (Fsp3) is 0.0714. The molecule has 0 radical (unpaired) electrons. The summed E-state index contributed by atoms with van der Waals surface area (Å²) in [5.74, 6) is 1.30. The van der Waals surface area contributed by atoms with Crippen LogP contribution < -0.4 is 10.1 Å². The van der Waals surface area contributed by atoms with Gasteiger partial charge in [0, 0.05) is 18.7 Å². The van der Waals surface area contributed by atoms with Crippen LogP contribution in [0.5, 0.6) is 17.2 Å². The predicted molar refractivity (Wildman–Crippen MR) is 68.9 cm³/mol. The molecule has 0 atom stereocenters. The van der Waals surface area contributed by atoms with Gasteiger partial charge in [-0.05, 0) is 36.4 Å². The SMILES string of the molecule is CC(=O)Nc1cccc(Oc2ccc(O)cc2)c1. The summed E-state index contributed by atoms with van der Waals surface area (Å²) in [6, 6.07) is 13.5. The first-order valence-electron chi connectivity index (χ1n) is 5.48.